The van der Waals surface area contributed by atoms with Crippen molar-refractivity contribution in [2.75, 3.05) is 31.8 Å². The van der Waals surface area contributed by atoms with Crippen LogP contribution in [0.25, 0.3) is 22.3 Å². The molecule has 2 unspecified atom stereocenters. The molecular weight excluding hydrogens is 670 g/mol. The third-order valence-corrected chi connectivity index (χ3v) is 11.2. The molecule has 4 aromatic rings. The predicted molar refractivity (Wildman–Crippen MR) is 167 cm³/mol. The van der Waals surface area contributed by atoms with Gasteiger partial charge in [0.25, 0.3) is 0 Å². The van der Waals surface area contributed by atoms with Crippen LogP contribution in [0.3, 0.4) is 0 Å². The number of anilines is 2. The van der Waals surface area contributed by atoms with E-state index in [1.807, 2.05) is 6.92 Å². The van der Waals surface area contributed by atoms with Crippen molar-refractivity contribution in [2.24, 2.45) is 0 Å². The summed E-state index contributed by atoms with van der Waals surface area (Å²) in [5, 5.41) is 0. The van der Waals surface area contributed by atoms with Gasteiger partial charge in [-0.1, -0.05) is 31.4 Å². The lowest BCUT2D eigenvalue weighted by Crippen LogP contribution is -2.44. The van der Waals surface area contributed by atoms with Gasteiger partial charge in [-0.25, -0.2) is 39.0 Å². The van der Waals surface area contributed by atoms with E-state index in [1.165, 1.54) is 26.1 Å². The van der Waals surface area contributed by atoms with Crippen LogP contribution in [0.4, 0.5) is 11.6 Å². The number of ether oxygens (including phenoxy) is 2. The molecule has 0 aliphatic carbocycles. The second-order valence-corrected chi connectivity index (χ2v) is 16.4. The minimum atomic E-state index is -4.01. The zero-order chi connectivity index (χ0) is 32.0. The van der Waals surface area contributed by atoms with E-state index < -0.39 is 37.6 Å². The molecule has 0 amide bonds. The Labute approximate surface area is 267 Å². The number of rotatable bonds is 12. The Morgan fingerprint density at radius 2 is 1.56 bits per heavy atom. The summed E-state index contributed by atoms with van der Waals surface area (Å²) >= 11 is 8.25. The van der Waals surface area contributed by atoms with Gasteiger partial charge in [0.2, 0.25) is 0 Å². The van der Waals surface area contributed by atoms with Gasteiger partial charge in [0, 0.05) is 13.5 Å². The lowest BCUT2D eigenvalue weighted by molar-refractivity contribution is -0.120. The molecule has 4 N–H and O–H groups in total. The first-order valence-corrected chi connectivity index (χ1v) is 19.2. The molecule has 6 rings (SSSR count). The molecule has 0 aromatic carbocycles. The fraction of sp³-hybridized carbons (Fsp3) is 0.565. The normalized spacial score (nSPS) is 28.1. The number of hydrogen-bond donors (Lipinski definition) is 4. The first kappa shape index (κ1) is 32.6. The van der Waals surface area contributed by atoms with Crippen molar-refractivity contribution in [3.63, 3.8) is 0 Å². The summed E-state index contributed by atoms with van der Waals surface area (Å²) in [5.74, 6) is 0.475. The highest BCUT2D eigenvalue weighted by molar-refractivity contribution is 8.44. The van der Waals surface area contributed by atoms with Gasteiger partial charge in [0.15, 0.2) is 22.9 Å². The van der Waals surface area contributed by atoms with Crippen LogP contribution in [0.1, 0.15) is 45.1 Å². The smallest absolute Gasteiger partial charge is 0.382 e. The molecule has 0 saturated carbocycles. The van der Waals surface area contributed by atoms with Crippen LogP contribution in [0.15, 0.2) is 25.3 Å². The van der Waals surface area contributed by atoms with E-state index in [0.717, 1.165) is 0 Å². The summed E-state index contributed by atoms with van der Waals surface area (Å²) in [5.41, 5.74) is 12.4. The lowest BCUT2D eigenvalue weighted by Gasteiger charge is -2.34. The van der Waals surface area contributed by atoms with Crippen LogP contribution in [0.5, 0.6) is 0 Å². The van der Waals surface area contributed by atoms with Gasteiger partial charge in [-0.2, -0.15) is 0 Å². The van der Waals surface area contributed by atoms with Crippen molar-refractivity contribution in [1.82, 2.24) is 39.0 Å². The van der Waals surface area contributed by atoms with Crippen molar-refractivity contribution in [3.8, 4) is 0 Å². The maximum absolute atomic E-state index is 13.6. The standard InChI is InChI=1S/C23H32N10O8P2S2/c1-3-23(8-38-42(34,44)36-2)14(6-16(40-23)33-12-31-18-20(25)27-10-29-22(18)33)41-43(35,45)37-7-13-4-5-15(39-13)32-11-30-17-19(24)26-9-28-21(17)32/h9-16H,3-8H2,1-2H3,(H,34,44)(H,35,45)(H2,24,26,28)(H2,25,27,29)/t13-,14-,15+,16+,23+,42?,43?/m0/s1. The SMILES string of the molecule is CC[C@]1(COP(=O)(S)OC)O[C@@H](n2cnc3c(N)ncnc32)C[C@@H]1OP(=O)(S)OC[C@@H]1CC[C@H](n2cnc3c(N)ncnc32)O1. The van der Waals surface area contributed by atoms with E-state index in [9.17, 15) is 9.13 Å². The number of nitrogens with two attached hydrogens (primary N) is 2. The third kappa shape index (κ3) is 6.58. The molecule has 0 radical (unpaired) electrons. The zero-order valence-electron chi connectivity index (χ0n) is 24.1. The molecule has 45 heavy (non-hydrogen) atoms. The van der Waals surface area contributed by atoms with Gasteiger partial charge in [0.1, 0.15) is 47.8 Å². The molecular formula is C23H32N10O8P2S2. The molecule has 2 saturated heterocycles. The Balaban J connectivity index is 1.16. The van der Waals surface area contributed by atoms with Gasteiger partial charge in [0.05, 0.1) is 32.0 Å². The second-order valence-electron chi connectivity index (χ2n) is 10.5. The largest absolute Gasteiger partial charge is 0.386 e. The Hall–Kier alpha value is -2.38. The number of imidazole rings is 2. The number of nitrogens with zero attached hydrogens (tertiary/aromatic N) is 8. The molecule has 0 bridgehead atoms. The lowest BCUT2D eigenvalue weighted by atomic mass is 9.95. The Morgan fingerprint density at radius 1 is 0.933 bits per heavy atom. The zero-order valence-corrected chi connectivity index (χ0v) is 27.7. The van der Waals surface area contributed by atoms with Crippen LogP contribution in [0, 0.1) is 0 Å². The van der Waals surface area contributed by atoms with E-state index >= 15 is 0 Å². The van der Waals surface area contributed by atoms with Crippen molar-refractivity contribution in [1.29, 1.82) is 0 Å². The van der Waals surface area contributed by atoms with Gasteiger partial charge < -0.3 is 25.5 Å². The van der Waals surface area contributed by atoms with Crippen LogP contribution < -0.4 is 11.5 Å². The van der Waals surface area contributed by atoms with Crippen LogP contribution >= 0.6 is 38.1 Å². The highest BCUT2D eigenvalue weighted by Crippen LogP contribution is 2.60. The third-order valence-electron chi connectivity index (χ3n) is 7.84. The van der Waals surface area contributed by atoms with Crippen LogP contribution in [-0.4, -0.2) is 77.2 Å². The summed E-state index contributed by atoms with van der Waals surface area (Å²) in [6, 6.07) is 0. The number of thiol groups is 2. The Bertz CT molecular complexity index is 1800. The average Bonchev–Trinajstić information content (AvgIpc) is 3.81. The molecule has 0 spiro atoms. The van der Waals surface area contributed by atoms with Crippen LogP contribution in [-0.2, 0) is 36.7 Å². The highest BCUT2D eigenvalue weighted by atomic mass is 32.7. The Kier molecular flexibility index (Phi) is 9.17. The highest BCUT2D eigenvalue weighted by Gasteiger charge is 2.53. The fourth-order valence-electron chi connectivity index (χ4n) is 5.43. The van der Waals surface area contributed by atoms with Gasteiger partial charge >= 0.3 is 13.6 Å². The first-order valence-electron chi connectivity index (χ1n) is 13.8. The monoisotopic (exact) mass is 702 g/mol. The molecule has 4 aromatic heterocycles. The summed E-state index contributed by atoms with van der Waals surface area (Å²) in [7, 11) is 1.21. The molecule has 22 heteroatoms. The van der Waals surface area contributed by atoms with Crippen LogP contribution in [0.2, 0.25) is 0 Å². The molecule has 7 atom stereocenters. The molecule has 2 aliphatic heterocycles. The minimum absolute atomic E-state index is 0.0640. The number of hydrogen-bond acceptors (Lipinski definition) is 16. The van der Waals surface area contributed by atoms with Crippen molar-refractivity contribution in [3.05, 3.63) is 25.3 Å². The maximum atomic E-state index is 13.6. The van der Waals surface area contributed by atoms with Crippen molar-refractivity contribution < 1.29 is 36.7 Å². The number of aromatic nitrogens is 8. The fourth-order valence-corrected chi connectivity index (χ4v) is 7.65. The van der Waals surface area contributed by atoms with E-state index in [4.69, 9.17) is 39.0 Å². The molecule has 18 nitrogen and oxygen atoms in total. The molecule has 2 aliphatic rings. The van der Waals surface area contributed by atoms with E-state index in [1.54, 1.807) is 15.5 Å². The maximum Gasteiger partial charge on any atom is 0.386 e. The topological polar surface area (TPSA) is 229 Å². The summed E-state index contributed by atoms with van der Waals surface area (Å²) in [4.78, 5) is 25.1. The predicted octanol–water partition coefficient (Wildman–Crippen LogP) is 3.72. The molecule has 6 heterocycles. The number of fused-ring (bicyclic) bond motifs is 2. The summed E-state index contributed by atoms with van der Waals surface area (Å²) < 4.78 is 64.3. The van der Waals surface area contributed by atoms with E-state index in [2.05, 4.69) is 54.4 Å². The second kappa shape index (κ2) is 12.7. The van der Waals surface area contributed by atoms with Crippen molar-refractivity contribution >= 4 is 72.1 Å². The minimum Gasteiger partial charge on any atom is -0.382 e. The van der Waals surface area contributed by atoms with E-state index in [-0.39, 0.29) is 37.5 Å². The summed E-state index contributed by atoms with van der Waals surface area (Å²) in [6.07, 6.45) is 5.05. The molecule has 2 fully saturated rings. The summed E-state index contributed by atoms with van der Waals surface area (Å²) in [6.45, 7) is -6.23. The van der Waals surface area contributed by atoms with Gasteiger partial charge in [-0.3, -0.25) is 22.7 Å². The Morgan fingerprint density at radius 3 is 2.16 bits per heavy atom. The molecule has 244 valence electrons. The van der Waals surface area contributed by atoms with Crippen molar-refractivity contribution in [2.45, 2.75) is 62.9 Å². The quantitative estimate of drug-likeness (QED) is 0.122. The first-order chi connectivity index (χ1) is 21.4. The van der Waals surface area contributed by atoms with Gasteiger partial charge in [-0.15, -0.1) is 0 Å². The van der Waals surface area contributed by atoms with Gasteiger partial charge in [-0.05, 0) is 19.3 Å². The average molecular weight is 703 g/mol. The number of nitrogen functional groups attached to an aromatic ring is 2. The van der Waals surface area contributed by atoms with E-state index in [0.29, 0.717) is 41.6 Å².